The van der Waals surface area contributed by atoms with Gasteiger partial charge in [0.15, 0.2) is 0 Å². The zero-order chi connectivity index (χ0) is 19.3. The number of hydrogen-bond donors (Lipinski definition) is 2. The number of ether oxygens (including phenoxy) is 1. The molecule has 0 aromatic carbocycles. The van der Waals surface area contributed by atoms with Gasteiger partial charge in [-0.05, 0) is 81.1 Å². The maximum atomic E-state index is 6.26. The summed E-state index contributed by atoms with van der Waals surface area (Å²) in [6.45, 7) is 26.7. The summed E-state index contributed by atoms with van der Waals surface area (Å²) in [5, 5.41) is 7.46. The van der Waals surface area contributed by atoms with Crippen LogP contribution in [-0.2, 0) is 4.74 Å². The maximum Gasteiger partial charge on any atom is 0.0996 e. The molecule has 2 N–H and O–H groups in total. The molecule has 144 valence electrons. The first-order valence-corrected chi connectivity index (χ1v) is 9.74. The average molecular weight is 349 g/mol. The molecular formula is C22H40N2O. The van der Waals surface area contributed by atoms with Gasteiger partial charge in [0.2, 0.25) is 0 Å². The minimum atomic E-state index is 0.0960. The molecule has 25 heavy (non-hydrogen) atoms. The molecule has 0 radical (unpaired) electrons. The first-order valence-electron chi connectivity index (χ1n) is 9.74. The van der Waals surface area contributed by atoms with Gasteiger partial charge in [0, 0.05) is 34.0 Å². The van der Waals surface area contributed by atoms with Gasteiger partial charge in [-0.25, -0.2) is 0 Å². The summed E-state index contributed by atoms with van der Waals surface area (Å²) in [5.41, 5.74) is 0.384. The second-order valence-corrected chi connectivity index (χ2v) is 11.0. The first-order chi connectivity index (χ1) is 11.1. The van der Waals surface area contributed by atoms with Gasteiger partial charge in [-0.2, -0.15) is 0 Å². The van der Waals surface area contributed by atoms with Crippen molar-refractivity contribution in [3.8, 4) is 0 Å². The van der Waals surface area contributed by atoms with Crippen molar-refractivity contribution in [2.45, 2.75) is 103 Å². The van der Waals surface area contributed by atoms with E-state index in [1.54, 1.807) is 0 Å². The third-order valence-electron chi connectivity index (χ3n) is 5.55. The predicted molar refractivity (Wildman–Crippen MR) is 107 cm³/mol. The molecule has 2 fully saturated rings. The minimum Gasteiger partial charge on any atom is -0.467 e. The fourth-order valence-corrected chi connectivity index (χ4v) is 5.43. The summed E-state index contributed by atoms with van der Waals surface area (Å²) in [7, 11) is 0. The molecule has 0 aliphatic carbocycles. The standard InChI is InChI=1S/C22H40N2O/c1-15(17-11-19(3,4)23-20(5,6)12-17)25-16(2)18-13-21(7,8)24-22(9,10)14-18/h17-18,23-24H,1-2,11-14H2,3-10H3. The summed E-state index contributed by atoms with van der Waals surface area (Å²) < 4.78 is 6.26. The van der Waals surface area contributed by atoms with Crippen LogP contribution in [0.5, 0.6) is 0 Å². The largest absolute Gasteiger partial charge is 0.467 e. The molecule has 0 atom stereocenters. The molecule has 0 saturated carbocycles. The lowest BCUT2D eigenvalue weighted by Crippen LogP contribution is -2.58. The van der Waals surface area contributed by atoms with Crippen LogP contribution in [0.15, 0.2) is 24.7 Å². The highest BCUT2D eigenvalue weighted by atomic mass is 16.5. The van der Waals surface area contributed by atoms with E-state index in [1.807, 2.05) is 0 Å². The first kappa shape index (κ1) is 20.5. The van der Waals surface area contributed by atoms with Crippen LogP contribution in [0.4, 0.5) is 0 Å². The Labute approximate surface area is 155 Å². The Morgan fingerprint density at radius 3 is 1.12 bits per heavy atom. The van der Waals surface area contributed by atoms with Crippen LogP contribution < -0.4 is 10.6 Å². The van der Waals surface area contributed by atoms with E-state index in [0.29, 0.717) is 11.8 Å². The molecule has 2 aliphatic heterocycles. The lowest BCUT2D eigenvalue weighted by molar-refractivity contribution is 0.0832. The zero-order valence-electron chi connectivity index (χ0n) is 17.8. The van der Waals surface area contributed by atoms with Crippen LogP contribution in [0.25, 0.3) is 0 Å². The van der Waals surface area contributed by atoms with Crippen LogP contribution in [0.3, 0.4) is 0 Å². The van der Waals surface area contributed by atoms with E-state index in [9.17, 15) is 0 Å². The van der Waals surface area contributed by atoms with E-state index in [-0.39, 0.29) is 22.2 Å². The monoisotopic (exact) mass is 348 g/mol. The summed E-state index contributed by atoms with van der Waals surface area (Å²) in [4.78, 5) is 0. The average Bonchev–Trinajstić information content (AvgIpc) is 2.30. The Kier molecular flexibility index (Phi) is 5.27. The Balaban J connectivity index is 2.03. The molecule has 3 heteroatoms. The molecular weight excluding hydrogens is 308 g/mol. The van der Waals surface area contributed by atoms with E-state index in [0.717, 1.165) is 37.2 Å². The van der Waals surface area contributed by atoms with E-state index >= 15 is 0 Å². The van der Waals surface area contributed by atoms with Gasteiger partial charge in [-0.1, -0.05) is 13.2 Å². The van der Waals surface area contributed by atoms with Gasteiger partial charge in [-0.3, -0.25) is 0 Å². The number of rotatable bonds is 4. The number of hydrogen-bond acceptors (Lipinski definition) is 3. The second kappa shape index (κ2) is 6.42. The smallest absolute Gasteiger partial charge is 0.0996 e. The van der Waals surface area contributed by atoms with E-state index in [2.05, 4.69) is 79.2 Å². The van der Waals surface area contributed by atoms with Gasteiger partial charge >= 0.3 is 0 Å². The molecule has 0 spiro atoms. The van der Waals surface area contributed by atoms with Gasteiger partial charge < -0.3 is 15.4 Å². The highest BCUT2D eigenvalue weighted by molar-refractivity contribution is 5.11. The Morgan fingerprint density at radius 1 is 0.640 bits per heavy atom. The highest BCUT2D eigenvalue weighted by Gasteiger charge is 2.41. The fraction of sp³-hybridized carbons (Fsp3) is 0.818. The molecule has 0 unspecified atom stereocenters. The van der Waals surface area contributed by atoms with Crippen molar-refractivity contribution in [1.82, 2.24) is 10.6 Å². The van der Waals surface area contributed by atoms with Gasteiger partial charge in [0.1, 0.15) is 0 Å². The molecule has 0 bridgehead atoms. The highest BCUT2D eigenvalue weighted by Crippen LogP contribution is 2.40. The van der Waals surface area contributed by atoms with Crippen molar-refractivity contribution in [1.29, 1.82) is 0 Å². The molecule has 3 nitrogen and oxygen atoms in total. The van der Waals surface area contributed by atoms with Crippen molar-refractivity contribution < 1.29 is 4.74 Å². The Bertz CT molecular complexity index is 462. The van der Waals surface area contributed by atoms with Crippen LogP contribution in [-0.4, -0.2) is 22.2 Å². The molecule has 2 rings (SSSR count). The van der Waals surface area contributed by atoms with Crippen LogP contribution in [0.1, 0.15) is 81.1 Å². The lowest BCUT2D eigenvalue weighted by Gasteiger charge is -2.48. The minimum absolute atomic E-state index is 0.0960. The maximum absolute atomic E-state index is 6.26. The number of piperidine rings is 2. The Hall–Kier alpha value is -0.800. The number of allylic oxidation sites excluding steroid dienone is 2. The Morgan fingerprint density at radius 2 is 0.880 bits per heavy atom. The molecule has 0 aromatic heterocycles. The lowest BCUT2D eigenvalue weighted by atomic mass is 9.74. The van der Waals surface area contributed by atoms with Crippen molar-refractivity contribution in [2.75, 3.05) is 0 Å². The van der Waals surface area contributed by atoms with Gasteiger partial charge in [0.05, 0.1) is 11.5 Å². The summed E-state index contributed by atoms with van der Waals surface area (Å²) >= 11 is 0. The molecule has 2 aliphatic rings. The molecule has 0 aromatic rings. The quantitative estimate of drug-likeness (QED) is 0.690. The second-order valence-electron chi connectivity index (χ2n) is 11.0. The third kappa shape index (κ3) is 5.59. The summed E-state index contributed by atoms with van der Waals surface area (Å²) in [6.07, 6.45) is 4.19. The van der Waals surface area contributed by atoms with E-state index in [1.165, 1.54) is 0 Å². The topological polar surface area (TPSA) is 33.3 Å². The fourth-order valence-electron chi connectivity index (χ4n) is 5.43. The molecule has 2 heterocycles. The van der Waals surface area contributed by atoms with E-state index < -0.39 is 0 Å². The van der Waals surface area contributed by atoms with Crippen molar-refractivity contribution in [2.24, 2.45) is 11.8 Å². The SMILES string of the molecule is C=C(OC(=C)C1CC(C)(C)NC(C)(C)C1)C1CC(C)(C)NC(C)(C)C1. The van der Waals surface area contributed by atoms with Gasteiger partial charge in [0.25, 0.3) is 0 Å². The summed E-state index contributed by atoms with van der Waals surface area (Å²) in [5.74, 6) is 2.51. The normalized spacial score (nSPS) is 28.3. The van der Waals surface area contributed by atoms with Crippen LogP contribution >= 0.6 is 0 Å². The zero-order valence-corrected chi connectivity index (χ0v) is 17.8. The molecule has 0 amide bonds. The molecule has 2 saturated heterocycles. The van der Waals surface area contributed by atoms with Crippen LogP contribution in [0.2, 0.25) is 0 Å². The van der Waals surface area contributed by atoms with Crippen molar-refractivity contribution in [3.63, 3.8) is 0 Å². The van der Waals surface area contributed by atoms with Crippen LogP contribution in [0, 0.1) is 11.8 Å². The predicted octanol–water partition coefficient (Wildman–Crippen LogP) is 5.14. The van der Waals surface area contributed by atoms with Gasteiger partial charge in [-0.15, -0.1) is 0 Å². The third-order valence-corrected chi connectivity index (χ3v) is 5.55. The van der Waals surface area contributed by atoms with Crippen molar-refractivity contribution in [3.05, 3.63) is 24.7 Å². The summed E-state index contributed by atoms with van der Waals surface area (Å²) in [6, 6.07) is 0. The van der Waals surface area contributed by atoms with Crippen molar-refractivity contribution >= 4 is 0 Å². The number of nitrogens with one attached hydrogen (secondary N) is 2. The van der Waals surface area contributed by atoms with E-state index in [4.69, 9.17) is 4.74 Å².